The van der Waals surface area contributed by atoms with E-state index in [0.717, 1.165) is 11.6 Å². The number of rotatable bonds is 9. The number of anilines is 1. The second-order valence-corrected chi connectivity index (χ2v) is 8.62. The lowest BCUT2D eigenvalue weighted by molar-refractivity contribution is 0.0762. The zero-order valence-electron chi connectivity index (χ0n) is 17.5. The van der Waals surface area contributed by atoms with E-state index >= 15 is 0 Å². The summed E-state index contributed by atoms with van der Waals surface area (Å²) < 4.78 is 46.7. The van der Waals surface area contributed by atoms with E-state index < -0.39 is 15.8 Å². The van der Waals surface area contributed by atoms with E-state index in [2.05, 4.69) is 11.3 Å². The number of carbonyl (C=O) groups excluding carboxylic acids is 1. The zero-order valence-corrected chi connectivity index (χ0v) is 18.3. The van der Waals surface area contributed by atoms with Crippen LogP contribution in [0.1, 0.15) is 15.9 Å². The van der Waals surface area contributed by atoms with Gasteiger partial charge in [-0.25, -0.2) is 12.8 Å². The molecule has 0 atom stereocenters. The number of sulfonamides is 1. The third kappa shape index (κ3) is 5.53. The quantitative estimate of drug-likeness (QED) is 0.484. The Kier molecular flexibility index (Phi) is 7.27. The Morgan fingerprint density at radius 3 is 2.47 bits per heavy atom. The van der Waals surface area contributed by atoms with Gasteiger partial charge in [0.2, 0.25) is 0 Å². The molecule has 32 heavy (non-hydrogen) atoms. The monoisotopic (exact) mass is 454 g/mol. The highest BCUT2D eigenvalue weighted by Crippen LogP contribution is 2.21. The molecule has 0 aliphatic carbocycles. The highest BCUT2D eigenvalue weighted by Gasteiger charge is 2.20. The minimum Gasteiger partial charge on any atom is -0.497 e. The highest BCUT2D eigenvalue weighted by molar-refractivity contribution is 7.92. The van der Waals surface area contributed by atoms with Crippen LogP contribution in [0.3, 0.4) is 0 Å². The maximum atomic E-state index is 13.9. The van der Waals surface area contributed by atoms with Crippen molar-refractivity contribution in [1.29, 1.82) is 0 Å². The van der Waals surface area contributed by atoms with Crippen molar-refractivity contribution in [1.82, 2.24) is 4.90 Å². The van der Waals surface area contributed by atoms with Crippen LogP contribution < -0.4 is 9.46 Å². The van der Waals surface area contributed by atoms with E-state index in [-0.39, 0.29) is 28.6 Å². The molecule has 3 aromatic rings. The molecule has 166 valence electrons. The number of nitrogens with one attached hydrogen (secondary N) is 1. The Morgan fingerprint density at radius 1 is 1.09 bits per heavy atom. The molecule has 0 heterocycles. The number of para-hydroxylation sites is 1. The molecule has 0 aromatic heterocycles. The number of methoxy groups -OCH3 is 1. The van der Waals surface area contributed by atoms with E-state index in [1.807, 2.05) is 12.1 Å². The molecule has 0 saturated carbocycles. The fourth-order valence-corrected chi connectivity index (χ4v) is 4.17. The molecule has 8 heteroatoms. The molecule has 0 aliphatic rings. The van der Waals surface area contributed by atoms with Gasteiger partial charge in [-0.3, -0.25) is 9.52 Å². The molecule has 0 spiro atoms. The molecule has 3 rings (SSSR count). The third-order valence-electron chi connectivity index (χ3n) is 4.68. The molecule has 0 unspecified atom stereocenters. The molecule has 6 nitrogen and oxygen atoms in total. The number of hydrogen-bond donors (Lipinski definition) is 1. The van der Waals surface area contributed by atoms with Crippen molar-refractivity contribution in [2.75, 3.05) is 18.4 Å². The smallest absolute Gasteiger partial charge is 0.262 e. The van der Waals surface area contributed by atoms with Gasteiger partial charge < -0.3 is 9.64 Å². The maximum absolute atomic E-state index is 13.9. The van der Waals surface area contributed by atoms with Gasteiger partial charge in [0.25, 0.3) is 15.9 Å². The number of ether oxygens (including phenoxy) is 1. The third-order valence-corrected chi connectivity index (χ3v) is 6.04. The lowest BCUT2D eigenvalue weighted by Gasteiger charge is -2.22. The highest BCUT2D eigenvalue weighted by atomic mass is 32.2. The number of hydrogen-bond acceptors (Lipinski definition) is 4. The van der Waals surface area contributed by atoms with Crippen LogP contribution in [0.5, 0.6) is 5.75 Å². The average molecular weight is 455 g/mol. The number of carbonyl (C=O) groups is 1. The van der Waals surface area contributed by atoms with Crippen molar-refractivity contribution in [3.05, 3.63) is 102 Å². The second-order valence-electron chi connectivity index (χ2n) is 6.94. The molecule has 0 aliphatic heterocycles. The first-order valence-electron chi connectivity index (χ1n) is 9.74. The zero-order chi connectivity index (χ0) is 23.1. The van der Waals surface area contributed by atoms with Gasteiger partial charge in [-0.05, 0) is 48.0 Å². The summed E-state index contributed by atoms with van der Waals surface area (Å²) in [4.78, 5) is 14.5. The number of amides is 1. The van der Waals surface area contributed by atoms with Crippen molar-refractivity contribution in [2.24, 2.45) is 0 Å². The standard InChI is InChI=1S/C24H23FN2O4S/c1-3-15-27(17-18-11-13-20(31-2)14-12-18)24(28)19-7-6-8-21(16-19)32(29,30)26-23-10-5-4-9-22(23)25/h3-14,16,26H,1,15,17H2,2H3. The number of nitrogens with zero attached hydrogens (tertiary/aromatic N) is 1. The van der Waals surface area contributed by atoms with Crippen LogP contribution in [0.15, 0.2) is 90.3 Å². The largest absolute Gasteiger partial charge is 0.497 e. The van der Waals surface area contributed by atoms with E-state index in [0.29, 0.717) is 12.3 Å². The van der Waals surface area contributed by atoms with E-state index in [1.165, 1.54) is 42.5 Å². The molecule has 0 fully saturated rings. The van der Waals surface area contributed by atoms with E-state index in [4.69, 9.17) is 4.74 Å². The predicted molar refractivity (Wildman–Crippen MR) is 122 cm³/mol. The molecule has 1 N–H and O–H groups in total. The Balaban J connectivity index is 1.84. The molecule has 3 aromatic carbocycles. The molecule has 1 amide bonds. The Labute approximate surface area is 187 Å². The van der Waals surface area contributed by atoms with Gasteiger partial charge in [0.05, 0.1) is 17.7 Å². The Hall–Kier alpha value is -3.65. The van der Waals surface area contributed by atoms with E-state index in [1.54, 1.807) is 30.2 Å². The topological polar surface area (TPSA) is 75.7 Å². The van der Waals surface area contributed by atoms with Crippen LogP contribution in [0.2, 0.25) is 0 Å². The van der Waals surface area contributed by atoms with Gasteiger partial charge in [-0.2, -0.15) is 0 Å². The summed E-state index contributed by atoms with van der Waals surface area (Å²) in [6, 6.07) is 18.4. The van der Waals surface area contributed by atoms with Crippen LogP contribution in [-0.2, 0) is 16.6 Å². The molecular weight excluding hydrogens is 431 g/mol. The summed E-state index contributed by atoms with van der Waals surface area (Å²) in [5, 5.41) is 0. The molecule has 0 bridgehead atoms. The SMILES string of the molecule is C=CCN(Cc1ccc(OC)cc1)C(=O)c1cccc(S(=O)(=O)Nc2ccccc2F)c1. The van der Waals surface area contributed by atoms with Crippen molar-refractivity contribution in [3.8, 4) is 5.75 Å². The molecule has 0 saturated heterocycles. The van der Waals surface area contributed by atoms with Gasteiger partial charge in [-0.15, -0.1) is 6.58 Å². The van der Waals surface area contributed by atoms with Gasteiger partial charge in [0.15, 0.2) is 0 Å². The van der Waals surface area contributed by atoms with Gasteiger partial charge >= 0.3 is 0 Å². The van der Waals surface area contributed by atoms with Crippen molar-refractivity contribution in [2.45, 2.75) is 11.4 Å². The molecular formula is C24H23FN2O4S. The predicted octanol–water partition coefficient (Wildman–Crippen LogP) is 4.46. The maximum Gasteiger partial charge on any atom is 0.262 e. The van der Waals surface area contributed by atoms with Crippen molar-refractivity contribution in [3.63, 3.8) is 0 Å². The van der Waals surface area contributed by atoms with Gasteiger partial charge in [0, 0.05) is 18.7 Å². The Bertz CT molecular complexity index is 1210. The average Bonchev–Trinajstić information content (AvgIpc) is 2.80. The van der Waals surface area contributed by atoms with Gasteiger partial charge in [0.1, 0.15) is 11.6 Å². The first kappa shape index (κ1) is 23.0. The normalized spacial score (nSPS) is 10.9. The summed E-state index contributed by atoms with van der Waals surface area (Å²) in [5.74, 6) is -0.348. The Morgan fingerprint density at radius 2 is 1.81 bits per heavy atom. The lowest BCUT2D eigenvalue weighted by Crippen LogP contribution is -2.31. The summed E-state index contributed by atoms with van der Waals surface area (Å²) in [5.41, 5.74) is 0.903. The van der Waals surface area contributed by atoms with Crippen LogP contribution in [-0.4, -0.2) is 32.9 Å². The van der Waals surface area contributed by atoms with Crippen LogP contribution in [0.25, 0.3) is 0 Å². The van der Waals surface area contributed by atoms with Crippen LogP contribution in [0, 0.1) is 5.82 Å². The number of halogens is 1. The van der Waals surface area contributed by atoms with Crippen molar-refractivity contribution < 1.29 is 22.3 Å². The first-order chi connectivity index (χ1) is 15.3. The lowest BCUT2D eigenvalue weighted by atomic mass is 10.1. The summed E-state index contributed by atoms with van der Waals surface area (Å²) in [7, 11) is -2.52. The first-order valence-corrected chi connectivity index (χ1v) is 11.2. The minimum absolute atomic E-state index is 0.144. The number of benzene rings is 3. The van der Waals surface area contributed by atoms with Crippen LogP contribution in [0.4, 0.5) is 10.1 Å². The second kappa shape index (κ2) is 10.1. The summed E-state index contributed by atoms with van der Waals surface area (Å²) in [6.45, 7) is 4.28. The molecule has 0 radical (unpaired) electrons. The van der Waals surface area contributed by atoms with E-state index in [9.17, 15) is 17.6 Å². The van der Waals surface area contributed by atoms with Crippen molar-refractivity contribution >= 4 is 21.6 Å². The van der Waals surface area contributed by atoms with Gasteiger partial charge in [-0.1, -0.05) is 36.4 Å². The fraction of sp³-hybridized carbons (Fsp3) is 0.125. The van der Waals surface area contributed by atoms with Crippen LogP contribution >= 0.6 is 0 Å². The summed E-state index contributed by atoms with van der Waals surface area (Å²) >= 11 is 0. The fourth-order valence-electron chi connectivity index (χ4n) is 3.05. The summed E-state index contributed by atoms with van der Waals surface area (Å²) in [6.07, 6.45) is 1.60. The minimum atomic E-state index is -4.09.